The monoisotopic (exact) mass is 565 g/mol. The third-order valence-electron chi connectivity index (χ3n) is 9.51. The van der Waals surface area contributed by atoms with Gasteiger partial charge in [-0.3, -0.25) is 24.8 Å². The Hall–Kier alpha value is -3.30. The smallest absolute Gasteiger partial charge is 0.384 e. The van der Waals surface area contributed by atoms with Crippen LogP contribution >= 0.6 is 0 Å². The summed E-state index contributed by atoms with van der Waals surface area (Å²) in [5.74, 6) is -1.000. The molecule has 3 heterocycles. The predicted octanol–water partition coefficient (Wildman–Crippen LogP) is 5.82. The minimum atomic E-state index is -4.36. The Balaban J connectivity index is 1.28. The van der Waals surface area contributed by atoms with Gasteiger partial charge in [-0.25, -0.2) is 0 Å². The summed E-state index contributed by atoms with van der Waals surface area (Å²) < 4.78 is 39.1. The summed E-state index contributed by atoms with van der Waals surface area (Å²) in [4.78, 5) is 30.9. The summed E-state index contributed by atoms with van der Waals surface area (Å²) >= 11 is 0. The van der Waals surface area contributed by atoms with Gasteiger partial charge >= 0.3 is 6.18 Å². The van der Waals surface area contributed by atoms with Crippen molar-refractivity contribution >= 4 is 22.7 Å². The van der Waals surface area contributed by atoms with Gasteiger partial charge in [0.1, 0.15) is 0 Å². The summed E-state index contributed by atoms with van der Waals surface area (Å²) in [7, 11) is 0. The third-order valence-corrected chi connectivity index (χ3v) is 9.51. The van der Waals surface area contributed by atoms with Crippen molar-refractivity contribution < 1.29 is 27.9 Å². The Kier molecular flexibility index (Phi) is 7.14. The van der Waals surface area contributed by atoms with Crippen molar-refractivity contribution in [3.05, 3.63) is 77.0 Å². The molecule has 3 fully saturated rings. The second-order valence-electron chi connectivity index (χ2n) is 12.0. The highest BCUT2D eigenvalue weighted by Gasteiger charge is 2.54. The molecule has 6 nitrogen and oxygen atoms in total. The summed E-state index contributed by atoms with van der Waals surface area (Å²) in [5, 5.41) is 15.8. The second kappa shape index (κ2) is 10.5. The maximum Gasteiger partial charge on any atom is 0.416 e. The van der Waals surface area contributed by atoms with E-state index in [1.807, 2.05) is 24.3 Å². The number of halogens is 3. The number of fused-ring (bicyclic) bond motifs is 1. The molecule has 2 amide bonds. The molecule has 2 saturated heterocycles. The van der Waals surface area contributed by atoms with Gasteiger partial charge in [-0.1, -0.05) is 37.5 Å². The standard InChI is InChI=1S/C32H34F3N3O3/c33-32(34,35)24-6-4-21(5-7-24)19-38-15-14-31(41,30(20-38)12-2-1-3-13-30)25-8-10-27-22(17-25)16-23(18-36-27)26-9-11-28(39)37-29(26)40/h4-8,10,16-18,26,41H,1-3,9,11-15,19-20H2,(H,37,39,40). The first kappa shape index (κ1) is 27.8. The average Bonchev–Trinajstić information content (AvgIpc) is 2.95. The molecule has 3 aliphatic rings. The molecular weight excluding hydrogens is 531 g/mol. The van der Waals surface area contributed by atoms with E-state index in [1.165, 1.54) is 0 Å². The number of hydrogen-bond acceptors (Lipinski definition) is 5. The summed E-state index contributed by atoms with van der Waals surface area (Å²) in [6.45, 7) is 1.82. The van der Waals surface area contributed by atoms with E-state index in [0.29, 0.717) is 38.9 Å². The fourth-order valence-electron chi connectivity index (χ4n) is 7.27. The maximum atomic E-state index is 13.0. The van der Waals surface area contributed by atoms with Gasteiger partial charge in [0, 0.05) is 43.1 Å². The number of alkyl halides is 3. The molecule has 0 bridgehead atoms. The van der Waals surface area contributed by atoms with Crippen LogP contribution in [0.25, 0.3) is 10.9 Å². The highest BCUT2D eigenvalue weighted by Crippen LogP contribution is 2.55. The van der Waals surface area contributed by atoms with Gasteiger partial charge in [-0.15, -0.1) is 0 Å². The molecule has 2 unspecified atom stereocenters. The average molecular weight is 566 g/mol. The van der Waals surface area contributed by atoms with Crippen LogP contribution in [0.1, 0.15) is 79.5 Å². The van der Waals surface area contributed by atoms with Crippen molar-refractivity contribution in [3.8, 4) is 0 Å². The predicted molar refractivity (Wildman–Crippen MR) is 148 cm³/mol. The molecular formula is C32H34F3N3O3. The van der Waals surface area contributed by atoms with Crippen molar-refractivity contribution in [2.75, 3.05) is 13.1 Å². The molecule has 41 heavy (non-hydrogen) atoms. The zero-order valence-corrected chi connectivity index (χ0v) is 22.8. The first-order valence-corrected chi connectivity index (χ1v) is 14.4. The quantitative estimate of drug-likeness (QED) is 0.390. The highest BCUT2D eigenvalue weighted by molar-refractivity contribution is 6.01. The number of carbonyl (C=O) groups is 2. The molecule has 3 aromatic rings. The zero-order valence-electron chi connectivity index (χ0n) is 22.8. The number of rotatable bonds is 4. The van der Waals surface area contributed by atoms with Crippen LogP contribution < -0.4 is 5.32 Å². The van der Waals surface area contributed by atoms with E-state index >= 15 is 0 Å². The van der Waals surface area contributed by atoms with Crippen molar-refractivity contribution in [2.24, 2.45) is 5.41 Å². The molecule has 6 rings (SSSR count). The topological polar surface area (TPSA) is 82.5 Å². The van der Waals surface area contributed by atoms with E-state index in [0.717, 1.165) is 71.8 Å². The van der Waals surface area contributed by atoms with Crippen LogP contribution in [-0.4, -0.2) is 39.9 Å². The molecule has 1 spiro atoms. The van der Waals surface area contributed by atoms with Gasteiger partial charge in [-0.05, 0) is 72.7 Å². The van der Waals surface area contributed by atoms with Crippen molar-refractivity contribution in [1.82, 2.24) is 15.2 Å². The van der Waals surface area contributed by atoms with Gasteiger partial charge in [0.05, 0.1) is 22.6 Å². The lowest BCUT2D eigenvalue weighted by atomic mass is 9.58. The molecule has 1 aliphatic carbocycles. The fourth-order valence-corrected chi connectivity index (χ4v) is 7.27. The van der Waals surface area contributed by atoms with E-state index in [9.17, 15) is 27.9 Å². The number of hydrogen-bond donors (Lipinski definition) is 2. The molecule has 2 N–H and O–H groups in total. The van der Waals surface area contributed by atoms with Crippen LogP contribution in [0.3, 0.4) is 0 Å². The number of nitrogens with zero attached hydrogens (tertiary/aromatic N) is 2. The number of aliphatic hydroxyl groups is 1. The number of piperidine rings is 2. The van der Waals surface area contributed by atoms with Crippen LogP contribution in [-0.2, 0) is 27.9 Å². The van der Waals surface area contributed by atoms with E-state index < -0.39 is 23.3 Å². The highest BCUT2D eigenvalue weighted by atomic mass is 19.4. The van der Waals surface area contributed by atoms with Gasteiger partial charge in [-0.2, -0.15) is 13.2 Å². The Morgan fingerprint density at radius 3 is 2.46 bits per heavy atom. The minimum Gasteiger partial charge on any atom is -0.384 e. The first-order chi connectivity index (χ1) is 19.6. The van der Waals surface area contributed by atoms with E-state index in [4.69, 9.17) is 0 Å². The SMILES string of the molecule is O=C1CCC(c2cnc3ccc(C4(O)CCN(Cc5ccc(C(F)(F)F)cc5)CC45CCCCC5)cc3c2)C(=O)N1. The minimum absolute atomic E-state index is 0.257. The Morgan fingerprint density at radius 2 is 1.76 bits per heavy atom. The Bertz CT molecular complexity index is 1470. The van der Waals surface area contributed by atoms with E-state index in [-0.39, 0.29) is 17.2 Å². The second-order valence-corrected chi connectivity index (χ2v) is 12.0. The van der Waals surface area contributed by atoms with E-state index in [1.54, 1.807) is 18.3 Å². The molecule has 216 valence electrons. The van der Waals surface area contributed by atoms with Gasteiger partial charge in [0.2, 0.25) is 11.8 Å². The fraction of sp³-hybridized carbons (Fsp3) is 0.469. The lowest BCUT2D eigenvalue weighted by Gasteiger charge is -2.56. The number of pyridine rings is 1. The van der Waals surface area contributed by atoms with Gasteiger partial charge in [0.15, 0.2) is 0 Å². The summed E-state index contributed by atoms with van der Waals surface area (Å²) in [5.41, 5.74) is 1.09. The van der Waals surface area contributed by atoms with Crippen LogP contribution in [0.4, 0.5) is 13.2 Å². The Morgan fingerprint density at radius 1 is 1.00 bits per heavy atom. The molecule has 2 aliphatic heterocycles. The number of likely N-dealkylation sites (tertiary alicyclic amines) is 1. The van der Waals surface area contributed by atoms with Crippen LogP contribution in [0.2, 0.25) is 0 Å². The Labute approximate surface area is 236 Å². The largest absolute Gasteiger partial charge is 0.416 e. The third kappa shape index (κ3) is 5.26. The van der Waals surface area contributed by atoms with Crippen molar-refractivity contribution in [2.45, 2.75) is 75.6 Å². The number of benzene rings is 2. The molecule has 2 aromatic carbocycles. The molecule has 2 atom stereocenters. The first-order valence-electron chi connectivity index (χ1n) is 14.4. The number of imide groups is 1. The number of aromatic nitrogens is 1. The summed E-state index contributed by atoms with van der Waals surface area (Å²) in [6, 6.07) is 13.2. The van der Waals surface area contributed by atoms with E-state index in [2.05, 4.69) is 15.2 Å². The zero-order chi connectivity index (χ0) is 28.8. The molecule has 1 aromatic heterocycles. The molecule has 0 radical (unpaired) electrons. The molecule has 9 heteroatoms. The number of carbonyl (C=O) groups excluding carboxylic acids is 2. The van der Waals surface area contributed by atoms with Crippen molar-refractivity contribution in [1.29, 1.82) is 0 Å². The summed E-state index contributed by atoms with van der Waals surface area (Å²) in [6.07, 6.45) is 3.49. The normalized spacial score (nSPS) is 25.4. The van der Waals surface area contributed by atoms with Crippen LogP contribution in [0, 0.1) is 5.41 Å². The van der Waals surface area contributed by atoms with Crippen molar-refractivity contribution in [3.63, 3.8) is 0 Å². The van der Waals surface area contributed by atoms with Crippen LogP contribution in [0.15, 0.2) is 54.7 Å². The maximum absolute atomic E-state index is 13.0. The molecule has 1 saturated carbocycles. The lowest BCUT2D eigenvalue weighted by molar-refractivity contribution is -0.159. The number of amides is 2. The van der Waals surface area contributed by atoms with Gasteiger partial charge < -0.3 is 5.11 Å². The number of nitrogens with one attached hydrogen (secondary N) is 1. The lowest BCUT2D eigenvalue weighted by Crippen LogP contribution is -2.58. The van der Waals surface area contributed by atoms with Gasteiger partial charge in [0.25, 0.3) is 0 Å². The van der Waals surface area contributed by atoms with Crippen LogP contribution in [0.5, 0.6) is 0 Å².